The lowest BCUT2D eigenvalue weighted by Gasteiger charge is -2.23. The molecule has 1 aliphatic heterocycles. The number of oxime groups is 1. The Balaban J connectivity index is 2.57. The van der Waals surface area contributed by atoms with E-state index in [0.29, 0.717) is 17.0 Å². The predicted octanol–water partition coefficient (Wildman–Crippen LogP) is 1.13. The van der Waals surface area contributed by atoms with Crippen LogP contribution >= 0.6 is 0 Å². The highest BCUT2D eigenvalue weighted by atomic mass is 16.5. The van der Waals surface area contributed by atoms with Gasteiger partial charge in [0.05, 0.1) is 5.69 Å². The average Bonchev–Trinajstić information content (AvgIpc) is 2.49. The first kappa shape index (κ1) is 13.9. The van der Waals surface area contributed by atoms with Gasteiger partial charge in [0.25, 0.3) is 6.47 Å². The Kier molecular flexibility index (Phi) is 4.21. The van der Waals surface area contributed by atoms with Crippen molar-refractivity contribution in [1.29, 1.82) is 0 Å². The van der Waals surface area contributed by atoms with E-state index in [9.17, 15) is 10.0 Å². The van der Waals surface area contributed by atoms with E-state index in [0.717, 1.165) is 0 Å². The molecule has 104 valence electrons. The largest absolute Gasteiger partial charge is 0.410 e. The molecule has 0 amide bonds. The zero-order valence-electron chi connectivity index (χ0n) is 11.0. The third-order valence-corrected chi connectivity index (χ3v) is 2.85. The fourth-order valence-corrected chi connectivity index (χ4v) is 1.93. The quantitative estimate of drug-likeness (QED) is 0.505. The van der Waals surface area contributed by atoms with E-state index in [-0.39, 0.29) is 18.1 Å². The van der Waals surface area contributed by atoms with Gasteiger partial charge in [0.2, 0.25) is 5.88 Å². The van der Waals surface area contributed by atoms with Crippen LogP contribution in [0, 0.1) is 0 Å². The van der Waals surface area contributed by atoms with Crippen molar-refractivity contribution in [2.24, 2.45) is 10.1 Å². The smallest absolute Gasteiger partial charge is 0.299 e. The molecular weight excluding hydrogens is 262 g/mol. The van der Waals surface area contributed by atoms with Crippen LogP contribution in [0.3, 0.4) is 0 Å². The molecule has 0 radical (unpaired) electrons. The molecule has 20 heavy (non-hydrogen) atoms. The Hall–Kier alpha value is -2.54. The summed E-state index contributed by atoms with van der Waals surface area (Å²) < 4.78 is 10.1. The molecule has 7 heteroatoms. The predicted molar refractivity (Wildman–Crippen MR) is 70.6 cm³/mol. The zero-order valence-corrected chi connectivity index (χ0v) is 11.0. The van der Waals surface area contributed by atoms with Crippen LogP contribution < -0.4 is 0 Å². The Bertz CT molecular complexity index is 593. The second-order valence-electron chi connectivity index (χ2n) is 3.98. The highest BCUT2D eigenvalue weighted by molar-refractivity contribution is 6.50. The molecule has 1 aromatic rings. The highest BCUT2D eigenvalue weighted by Gasteiger charge is 2.32. The second-order valence-corrected chi connectivity index (χ2v) is 3.98. The molecule has 1 aromatic heterocycles. The summed E-state index contributed by atoms with van der Waals surface area (Å²) in [6.07, 6.45) is 0.921. The van der Waals surface area contributed by atoms with Crippen LogP contribution in [0.15, 0.2) is 46.0 Å². The van der Waals surface area contributed by atoms with Gasteiger partial charge in [0, 0.05) is 18.9 Å². The highest BCUT2D eigenvalue weighted by Crippen LogP contribution is 2.23. The lowest BCUT2D eigenvalue weighted by Crippen LogP contribution is -2.36. The molecule has 0 bridgehead atoms. The van der Waals surface area contributed by atoms with Gasteiger partial charge in [0.1, 0.15) is 17.5 Å². The Morgan fingerprint density at radius 2 is 2.25 bits per heavy atom. The second kappa shape index (κ2) is 6.07. The number of carbonyl (C=O) groups excluding carboxylic acids is 1. The van der Waals surface area contributed by atoms with Gasteiger partial charge in [-0.25, -0.2) is 4.99 Å². The van der Waals surface area contributed by atoms with Gasteiger partial charge in [-0.15, -0.1) is 0 Å². The van der Waals surface area contributed by atoms with E-state index in [1.54, 1.807) is 31.3 Å². The van der Waals surface area contributed by atoms with Crippen LogP contribution in [0.5, 0.6) is 0 Å². The maximum Gasteiger partial charge on any atom is 0.299 e. The number of aliphatic imine (C=N–C) groups is 1. The van der Waals surface area contributed by atoms with E-state index in [2.05, 4.69) is 15.1 Å². The van der Waals surface area contributed by atoms with Gasteiger partial charge < -0.3 is 14.7 Å². The Morgan fingerprint density at radius 3 is 2.80 bits per heavy atom. The lowest BCUT2D eigenvalue weighted by atomic mass is 9.98. The summed E-state index contributed by atoms with van der Waals surface area (Å²) in [5.41, 5.74) is 1.53. The van der Waals surface area contributed by atoms with Gasteiger partial charge >= 0.3 is 0 Å². The van der Waals surface area contributed by atoms with Gasteiger partial charge in [0.15, 0.2) is 0 Å². The molecule has 0 fully saturated rings. The average molecular weight is 275 g/mol. The first-order valence-corrected chi connectivity index (χ1v) is 5.79. The molecule has 0 aliphatic carbocycles. The minimum Gasteiger partial charge on any atom is -0.410 e. The van der Waals surface area contributed by atoms with Crippen LogP contribution in [-0.4, -0.2) is 41.3 Å². The number of ether oxygens (including phenoxy) is 2. The summed E-state index contributed by atoms with van der Waals surface area (Å²) in [7, 11) is 1.46. The molecule has 0 aromatic carbocycles. The van der Waals surface area contributed by atoms with Crippen molar-refractivity contribution in [2.75, 3.05) is 7.11 Å². The fraction of sp³-hybridized carbons (Fsp3) is 0.231. The third-order valence-electron chi connectivity index (χ3n) is 2.85. The normalized spacial score (nSPS) is 20.8. The van der Waals surface area contributed by atoms with E-state index < -0.39 is 6.10 Å². The summed E-state index contributed by atoms with van der Waals surface area (Å²) in [6, 6.07) is 5.23. The monoisotopic (exact) mass is 275 g/mol. The van der Waals surface area contributed by atoms with Gasteiger partial charge in [-0.1, -0.05) is 11.2 Å². The first-order chi connectivity index (χ1) is 9.72. The van der Waals surface area contributed by atoms with Crippen LogP contribution in [0.2, 0.25) is 0 Å². The summed E-state index contributed by atoms with van der Waals surface area (Å²) in [6.45, 7) is 1.96. The minimum atomic E-state index is -0.663. The number of hydrogen-bond acceptors (Lipinski definition) is 7. The molecule has 0 saturated heterocycles. The number of nitrogens with zero attached hydrogens (tertiary/aromatic N) is 3. The van der Waals surface area contributed by atoms with E-state index in [1.807, 2.05) is 0 Å². The Labute approximate surface area is 115 Å². The van der Waals surface area contributed by atoms with Crippen LogP contribution in [0.1, 0.15) is 12.6 Å². The van der Waals surface area contributed by atoms with Gasteiger partial charge in [-0.05, 0) is 19.1 Å². The summed E-state index contributed by atoms with van der Waals surface area (Å²) in [5.74, 6) is 0.111. The molecule has 1 N–H and O–H groups in total. The minimum absolute atomic E-state index is 0.111. The van der Waals surface area contributed by atoms with Crippen molar-refractivity contribution in [3.05, 3.63) is 41.5 Å². The molecule has 1 aliphatic rings. The third kappa shape index (κ3) is 2.43. The van der Waals surface area contributed by atoms with Crippen LogP contribution in [0.25, 0.3) is 0 Å². The number of methoxy groups -OCH3 is 1. The summed E-state index contributed by atoms with van der Waals surface area (Å²) in [5, 5.41) is 12.5. The molecular formula is C13H13N3O4. The molecule has 1 atom stereocenters. The van der Waals surface area contributed by atoms with E-state index >= 15 is 0 Å². The van der Waals surface area contributed by atoms with Crippen molar-refractivity contribution in [3.8, 4) is 0 Å². The molecule has 0 saturated carbocycles. The van der Waals surface area contributed by atoms with Crippen molar-refractivity contribution < 1.29 is 19.5 Å². The van der Waals surface area contributed by atoms with Gasteiger partial charge in [-0.2, -0.15) is 0 Å². The molecule has 2 rings (SSSR count). The number of aromatic nitrogens is 1. The van der Waals surface area contributed by atoms with Crippen molar-refractivity contribution >= 4 is 17.9 Å². The maximum absolute atomic E-state index is 10.5. The lowest BCUT2D eigenvalue weighted by molar-refractivity contribution is -0.125. The van der Waals surface area contributed by atoms with Gasteiger partial charge in [-0.3, -0.25) is 9.78 Å². The molecule has 2 heterocycles. The maximum atomic E-state index is 10.5. The fourth-order valence-electron chi connectivity index (χ4n) is 1.93. The van der Waals surface area contributed by atoms with Crippen LogP contribution in [-0.2, 0) is 14.3 Å². The number of hydrogen-bond donors (Lipinski definition) is 1. The van der Waals surface area contributed by atoms with E-state index in [1.165, 1.54) is 7.11 Å². The number of carbonyl (C=O) groups is 1. The SMILES string of the molecule is COC1C(=NO)C(c2ccccn2)=NC(OC=O)=C1C. The molecule has 1 unspecified atom stereocenters. The molecule has 0 spiro atoms. The van der Waals surface area contributed by atoms with Crippen molar-refractivity contribution in [1.82, 2.24) is 4.98 Å². The Morgan fingerprint density at radius 1 is 1.45 bits per heavy atom. The topological polar surface area (TPSA) is 93.4 Å². The standard InChI is InChI=1S/C13H13N3O4/c1-8-12(19-2)11(16-18)10(15-13(8)20-7-17)9-5-3-4-6-14-9/h3-7,12,18H,1-2H3. The van der Waals surface area contributed by atoms with Crippen molar-refractivity contribution in [3.63, 3.8) is 0 Å². The summed E-state index contributed by atoms with van der Waals surface area (Å²) >= 11 is 0. The van der Waals surface area contributed by atoms with Crippen molar-refractivity contribution in [2.45, 2.75) is 13.0 Å². The number of rotatable bonds is 4. The number of pyridine rings is 1. The summed E-state index contributed by atoms with van der Waals surface area (Å²) in [4.78, 5) is 18.9. The molecule has 7 nitrogen and oxygen atoms in total. The zero-order chi connectivity index (χ0) is 14.5. The first-order valence-electron chi connectivity index (χ1n) is 5.79. The van der Waals surface area contributed by atoms with Crippen LogP contribution in [0.4, 0.5) is 0 Å². The van der Waals surface area contributed by atoms with E-state index in [4.69, 9.17) is 9.47 Å².